The molecule has 0 aromatic rings. The molecule has 0 fully saturated rings. The van der Waals surface area contributed by atoms with Crippen LogP contribution in [-0.4, -0.2) is 38.1 Å². The van der Waals surface area contributed by atoms with E-state index >= 15 is 0 Å². The summed E-state index contributed by atoms with van der Waals surface area (Å²) < 4.78 is 17.0. The Morgan fingerprint density at radius 3 is 1.76 bits per heavy atom. The third-order valence-electron chi connectivity index (χ3n) is 3.43. The summed E-state index contributed by atoms with van der Waals surface area (Å²) in [7, 11) is 0. The Hall–Kier alpha value is -0.120. The van der Waals surface area contributed by atoms with E-state index in [2.05, 4.69) is 13.8 Å². The molecule has 0 saturated heterocycles. The van der Waals surface area contributed by atoms with Crippen molar-refractivity contribution in [3.05, 3.63) is 0 Å². The molecule has 0 aromatic carbocycles. The van der Waals surface area contributed by atoms with Crippen LogP contribution >= 0.6 is 0 Å². The van der Waals surface area contributed by atoms with Gasteiger partial charge in [0.15, 0.2) is 0 Å². The molecule has 21 heavy (non-hydrogen) atoms. The van der Waals surface area contributed by atoms with Crippen molar-refractivity contribution in [1.82, 2.24) is 0 Å². The average Bonchev–Trinajstić information content (AvgIpc) is 2.45. The van der Waals surface area contributed by atoms with Crippen molar-refractivity contribution in [1.29, 1.82) is 0 Å². The van der Waals surface area contributed by atoms with Crippen LogP contribution in [0.3, 0.4) is 0 Å². The first-order chi connectivity index (χ1) is 10.1. The standard InChI is InChI=1S/C18H38O3/c1-6-7-8-9-10-11-12-13-19-17(4)15-21-18(5)14-20-16(2)3/h16-18H,6-15H2,1-5H3. The zero-order chi connectivity index (χ0) is 15.9. The van der Waals surface area contributed by atoms with Crippen molar-refractivity contribution >= 4 is 0 Å². The molecule has 0 aliphatic rings. The van der Waals surface area contributed by atoms with Gasteiger partial charge >= 0.3 is 0 Å². The van der Waals surface area contributed by atoms with Crippen molar-refractivity contribution < 1.29 is 14.2 Å². The minimum Gasteiger partial charge on any atom is -0.376 e. The quantitative estimate of drug-likeness (QED) is 0.400. The van der Waals surface area contributed by atoms with Crippen molar-refractivity contribution in [2.75, 3.05) is 19.8 Å². The molecule has 2 unspecified atom stereocenters. The second-order valence-corrected chi connectivity index (χ2v) is 6.33. The van der Waals surface area contributed by atoms with Gasteiger partial charge in [0.05, 0.1) is 31.5 Å². The number of ether oxygens (including phenoxy) is 3. The van der Waals surface area contributed by atoms with Gasteiger partial charge in [-0.1, -0.05) is 45.4 Å². The fourth-order valence-corrected chi connectivity index (χ4v) is 2.07. The van der Waals surface area contributed by atoms with Crippen LogP contribution in [0.1, 0.15) is 79.6 Å². The average molecular weight is 302 g/mol. The molecule has 0 N–H and O–H groups in total. The number of unbranched alkanes of at least 4 members (excludes halogenated alkanes) is 6. The van der Waals surface area contributed by atoms with Gasteiger partial charge in [0.1, 0.15) is 0 Å². The van der Waals surface area contributed by atoms with Crippen LogP contribution in [0.4, 0.5) is 0 Å². The second kappa shape index (κ2) is 14.8. The van der Waals surface area contributed by atoms with Crippen molar-refractivity contribution in [2.24, 2.45) is 0 Å². The summed E-state index contributed by atoms with van der Waals surface area (Å²) in [6.45, 7) is 12.6. The molecular weight excluding hydrogens is 264 g/mol. The monoisotopic (exact) mass is 302 g/mol. The fourth-order valence-electron chi connectivity index (χ4n) is 2.07. The number of hydrogen-bond acceptors (Lipinski definition) is 3. The maximum Gasteiger partial charge on any atom is 0.0781 e. The Bertz CT molecular complexity index is 207. The van der Waals surface area contributed by atoms with Gasteiger partial charge in [0, 0.05) is 6.61 Å². The molecule has 0 rings (SSSR count). The fraction of sp³-hybridized carbons (Fsp3) is 1.00. The van der Waals surface area contributed by atoms with Crippen LogP contribution in [0, 0.1) is 0 Å². The van der Waals surface area contributed by atoms with Crippen LogP contribution in [0.15, 0.2) is 0 Å². The van der Waals surface area contributed by atoms with Gasteiger partial charge in [-0.15, -0.1) is 0 Å². The van der Waals surface area contributed by atoms with E-state index in [0.29, 0.717) is 13.2 Å². The van der Waals surface area contributed by atoms with Crippen LogP contribution in [0.25, 0.3) is 0 Å². The van der Waals surface area contributed by atoms with Gasteiger partial charge in [0.25, 0.3) is 0 Å². The Labute approximate surface area is 132 Å². The van der Waals surface area contributed by atoms with E-state index in [4.69, 9.17) is 14.2 Å². The van der Waals surface area contributed by atoms with Gasteiger partial charge < -0.3 is 14.2 Å². The molecule has 0 aromatic heterocycles. The van der Waals surface area contributed by atoms with Gasteiger partial charge in [0.2, 0.25) is 0 Å². The predicted molar refractivity (Wildman–Crippen MR) is 89.9 cm³/mol. The van der Waals surface area contributed by atoms with Gasteiger partial charge in [-0.3, -0.25) is 0 Å². The second-order valence-electron chi connectivity index (χ2n) is 6.33. The SMILES string of the molecule is CCCCCCCCCOC(C)COC(C)COC(C)C. The predicted octanol–water partition coefficient (Wildman–Crippen LogP) is 4.97. The molecule has 3 nitrogen and oxygen atoms in total. The lowest BCUT2D eigenvalue weighted by Crippen LogP contribution is -2.24. The number of rotatable bonds is 15. The van der Waals surface area contributed by atoms with E-state index < -0.39 is 0 Å². The molecule has 0 aliphatic heterocycles. The topological polar surface area (TPSA) is 27.7 Å². The summed E-state index contributed by atoms with van der Waals surface area (Å²) in [6, 6.07) is 0. The van der Waals surface area contributed by atoms with Crippen molar-refractivity contribution in [3.63, 3.8) is 0 Å². The highest BCUT2D eigenvalue weighted by molar-refractivity contribution is 4.54. The summed E-state index contributed by atoms with van der Waals surface area (Å²) in [5.41, 5.74) is 0. The lowest BCUT2D eigenvalue weighted by atomic mass is 10.1. The first-order valence-electron chi connectivity index (χ1n) is 8.91. The molecule has 0 spiro atoms. The highest BCUT2D eigenvalue weighted by Crippen LogP contribution is 2.07. The lowest BCUT2D eigenvalue weighted by Gasteiger charge is -2.18. The third-order valence-corrected chi connectivity index (χ3v) is 3.43. The Morgan fingerprint density at radius 2 is 1.14 bits per heavy atom. The molecule has 0 bridgehead atoms. The largest absolute Gasteiger partial charge is 0.376 e. The summed E-state index contributed by atoms with van der Waals surface area (Å²) in [5.74, 6) is 0. The summed E-state index contributed by atoms with van der Waals surface area (Å²) in [4.78, 5) is 0. The van der Waals surface area contributed by atoms with Gasteiger partial charge in [-0.25, -0.2) is 0 Å². The van der Waals surface area contributed by atoms with E-state index in [-0.39, 0.29) is 18.3 Å². The number of hydrogen-bond donors (Lipinski definition) is 0. The van der Waals surface area contributed by atoms with Crippen LogP contribution in [0.2, 0.25) is 0 Å². The molecular formula is C18H38O3. The van der Waals surface area contributed by atoms with Crippen molar-refractivity contribution in [3.8, 4) is 0 Å². The van der Waals surface area contributed by atoms with Crippen LogP contribution < -0.4 is 0 Å². The summed E-state index contributed by atoms with van der Waals surface area (Å²) in [6.07, 6.45) is 9.84. The molecule has 0 radical (unpaired) electrons. The van der Waals surface area contributed by atoms with Gasteiger partial charge in [-0.2, -0.15) is 0 Å². The molecule has 0 aliphatic carbocycles. The summed E-state index contributed by atoms with van der Waals surface area (Å²) in [5, 5.41) is 0. The lowest BCUT2D eigenvalue weighted by molar-refractivity contribution is -0.0659. The zero-order valence-electron chi connectivity index (χ0n) is 15.0. The van der Waals surface area contributed by atoms with E-state index in [1.807, 2.05) is 20.8 Å². The highest BCUT2D eigenvalue weighted by atomic mass is 16.6. The normalized spacial score (nSPS) is 14.6. The highest BCUT2D eigenvalue weighted by Gasteiger charge is 2.08. The van der Waals surface area contributed by atoms with E-state index in [1.54, 1.807) is 0 Å². The molecule has 0 saturated carbocycles. The van der Waals surface area contributed by atoms with Crippen LogP contribution in [0.5, 0.6) is 0 Å². The Kier molecular flexibility index (Phi) is 14.7. The van der Waals surface area contributed by atoms with Gasteiger partial charge in [-0.05, 0) is 34.1 Å². The minimum absolute atomic E-state index is 0.136. The van der Waals surface area contributed by atoms with Crippen LogP contribution in [-0.2, 0) is 14.2 Å². The summed E-state index contributed by atoms with van der Waals surface area (Å²) >= 11 is 0. The molecule has 3 heteroatoms. The van der Waals surface area contributed by atoms with Crippen molar-refractivity contribution in [2.45, 2.75) is 97.9 Å². The molecule has 128 valence electrons. The van der Waals surface area contributed by atoms with E-state index in [1.165, 1.54) is 44.9 Å². The molecule has 0 heterocycles. The Morgan fingerprint density at radius 1 is 0.619 bits per heavy atom. The first-order valence-corrected chi connectivity index (χ1v) is 8.91. The minimum atomic E-state index is 0.136. The van der Waals surface area contributed by atoms with E-state index in [0.717, 1.165) is 6.61 Å². The third kappa shape index (κ3) is 16.1. The Balaban J connectivity index is 3.32. The molecule has 0 amide bonds. The zero-order valence-corrected chi connectivity index (χ0v) is 15.0. The first kappa shape index (κ1) is 20.9. The molecule has 2 atom stereocenters. The smallest absolute Gasteiger partial charge is 0.0781 e. The van der Waals surface area contributed by atoms with E-state index in [9.17, 15) is 0 Å². The maximum absolute atomic E-state index is 5.78. The maximum atomic E-state index is 5.78.